The van der Waals surface area contributed by atoms with Gasteiger partial charge in [-0.05, 0) is 31.2 Å². The van der Waals surface area contributed by atoms with E-state index in [1.165, 1.54) is 6.08 Å². The van der Waals surface area contributed by atoms with E-state index in [4.69, 9.17) is 4.74 Å². The van der Waals surface area contributed by atoms with Gasteiger partial charge in [-0.2, -0.15) is 0 Å². The summed E-state index contributed by atoms with van der Waals surface area (Å²) in [6.45, 7) is 1.41. The molecule has 0 heterocycles. The summed E-state index contributed by atoms with van der Waals surface area (Å²) in [6.07, 6.45) is 2.82. The normalized spacial score (nSPS) is 10.3. The average molecular weight is 262 g/mol. The molecule has 0 fully saturated rings. The van der Waals surface area contributed by atoms with Gasteiger partial charge in [-0.25, -0.2) is 4.79 Å². The number of allylic oxidation sites excluding steroid dienone is 1. The van der Waals surface area contributed by atoms with Gasteiger partial charge in [0, 0.05) is 31.5 Å². The van der Waals surface area contributed by atoms with Gasteiger partial charge in [-0.3, -0.25) is 4.79 Å². The molecular formula is C14H18N2O3. The second-order valence-corrected chi connectivity index (χ2v) is 4.10. The van der Waals surface area contributed by atoms with Gasteiger partial charge in [-0.1, -0.05) is 6.08 Å². The van der Waals surface area contributed by atoms with Crippen LogP contribution in [0.15, 0.2) is 36.4 Å². The molecule has 0 aliphatic heterocycles. The molecule has 0 saturated heterocycles. The van der Waals surface area contributed by atoms with Crippen LogP contribution in [0.3, 0.4) is 0 Å². The Bertz CT molecular complexity index is 464. The largest absolute Gasteiger partial charge is 0.452 e. The number of carbonyl (C=O) groups is 2. The smallest absolute Gasteiger partial charge is 0.330 e. The van der Waals surface area contributed by atoms with Crippen LogP contribution in [-0.4, -0.2) is 32.6 Å². The van der Waals surface area contributed by atoms with Crippen molar-refractivity contribution in [3.8, 4) is 0 Å². The van der Waals surface area contributed by atoms with Crippen molar-refractivity contribution < 1.29 is 14.3 Å². The number of carbonyl (C=O) groups excluding carboxylic acids is 2. The van der Waals surface area contributed by atoms with Crippen LogP contribution in [0, 0.1) is 0 Å². The molecule has 0 saturated carbocycles. The first-order valence-corrected chi connectivity index (χ1v) is 5.89. The first-order chi connectivity index (χ1) is 9.02. The zero-order chi connectivity index (χ0) is 14.3. The molecule has 0 atom stereocenters. The van der Waals surface area contributed by atoms with Crippen LogP contribution in [0.1, 0.15) is 6.92 Å². The van der Waals surface area contributed by atoms with Gasteiger partial charge in [0.05, 0.1) is 0 Å². The van der Waals surface area contributed by atoms with Crippen LogP contribution < -0.4 is 10.2 Å². The number of nitrogens with zero attached hydrogens (tertiary/aromatic N) is 1. The van der Waals surface area contributed by atoms with E-state index in [1.807, 2.05) is 31.1 Å². The second-order valence-electron chi connectivity index (χ2n) is 4.10. The number of nitrogens with one attached hydrogen (secondary N) is 1. The summed E-state index contributed by atoms with van der Waals surface area (Å²) in [6, 6.07) is 7.37. The number of rotatable bonds is 5. The summed E-state index contributed by atoms with van der Waals surface area (Å²) in [5.74, 6) is -0.893. The highest BCUT2D eigenvalue weighted by molar-refractivity contribution is 5.93. The van der Waals surface area contributed by atoms with E-state index in [0.717, 1.165) is 5.69 Å². The first kappa shape index (κ1) is 14.8. The Morgan fingerprint density at radius 1 is 1.26 bits per heavy atom. The van der Waals surface area contributed by atoms with E-state index < -0.39 is 5.97 Å². The molecule has 0 spiro atoms. The van der Waals surface area contributed by atoms with Gasteiger partial charge in [0.1, 0.15) is 0 Å². The monoisotopic (exact) mass is 262 g/mol. The van der Waals surface area contributed by atoms with E-state index in [2.05, 4.69) is 5.32 Å². The Labute approximate surface area is 112 Å². The lowest BCUT2D eigenvalue weighted by molar-refractivity contribution is -0.142. The molecular weight excluding hydrogens is 244 g/mol. The summed E-state index contributed by atoms with van der Waals surface area (Å²) in [5.41, 5.74) is 1.70. The first-order valence-electron chi connectivity index (χ1n) is 5.89. The minimum Gasteiger partial charge on any atom is -0.452 e. The molecule has 0 aromatic heterocycles. The molecule has 1 rings (SSSR count). The number of ether oxygens (including phenoxy) is 1. The highest BCUT2D eigenvalue weighted by atomic mass is 16.5. The number of hydrogen-bond acceptors (Lipinski definition) is 4. The summed E-state index contributed by atoms with van der Waals surface area (Å²) < 4.78 is 4.73. The molecule has 0 bridgehead atoms. The lowest BCUT2D eigenvalue weighted by Gasteiger charge is -2.13. The molecule has 0 aliphatic rings. The molecule has 1 amide bonds. The van der Waals surface area contributed by atoms with Crippen LogP contribution in [0.5, 0.6) is 0 Å². The Morgan fingerprint density at radius 3 is 2.42 bits per heavy atom. The molecule has 0 radical (unpaired) electrons. The van der Waals surface area contributed by atoms with E-state index in [0.29, 0.717) is 5.69 Å². The Kier molecular flexibility index (Phi) is 5.60. The SMILES string of the molecule is C/C=C/C(=O)OCC(=O)Nc1ccc(N(C)C)cc1. The summed E-state index contributed by atoms with van der Waals surface area (Å²) in [4.78, 5) is 24.5. The number of benzene rings is 1. The standard InChI is InChI=1S/C14H18N2O3/c1-4-5-14(18)19-10-13(17)15-11-6-8-12(9-7-11)16(2)3/h4-9H,10H2,1-3H3,(H,15,17)/b5-4+. The molecule has 0 aliphatic carbocycles. The zero-order valence-electron chi connectivity index (χ0n) is 11.3. The molecule has 0 unspecified atom stereocenters. The zero-order valence-corrected chi connectivity index (χ0v) is 11.3. The molecule has 1 aromatic carbocycles. The van der Waals surface area contributed by atoms with Crippen molar-refractivity contribution >= 4 is 23.3 Å². The van der Waals surface area contributed by atoms with E-state index in [1.54, 1.807) is 25.1 Å². The van der Waals surface area contributed by atoms with Crippen molar-refractivity contribution in [2.24, 2.45) is 0 Å². The van der Waals surface area contributed by atoms with Crippen LogP contribution >= 0.6 is 0 Å². The van der Waals surface area contributed by atoms with Crippen molar-refractivity contribution in [1.82, 2.24) is 0 Å². The fraction of sp³-hybridized carbons (Fsp3) is 0.286. The maximum Gasteiger partial charge on any atom is 0.330 e. The van der Waals surface area contributed by atoms with E-state index in [-0.39, 0.29) is 12.5 Å². The minimum absolute atomic E-state index is 0.293. The van der Waals surface area contributed by atoms with E-state index >= 15 is 0 Å². The van der Waals surface area contributed by atoms with Gasteiger partial charge in [0.25, 0.3) is 5.91 Å². The van der Waals surface area contributed by atoms with Gasteiger partial charge in [0.2, 0.25) is 0 Å². The number of anilines is 2. The second kappa shape index (κ2) is 7.20. The average Bonchev–Trinajstić information content (AvgIpc) is 2.37. The number of hydrogen-bond donors (Lipinski definition) is 1. The fourth-order valence-electron chi connectivity index (χ4n) is 1.36. The maximum atomic E-state index is 11.5. The van der Waals surface area contributed by atoms with Crippen LogP contribution in [0.4, 0.5) is 11.4 Å². The van der Waals surface area contributed by atoms with Crippen LogP contribution in [-0.2, 0) is 14.3 Å². The van der Waals surface area contributed by atoms with Crippen LogP contribution in [0.2, 0.25) is 0 Å². The predicted molar refractivity (Wildman–Crippen MR) is 75.2 cm³/mol. The van der Waals surface area contributed by atoms with Gasteiger partial charge in [0.15, 0.2) is 6.61 Å². The molecule has 5 heteroatoms. The Morgan fingerprint density at radius 2 is 1.89 bits per heavy atom. The molecule has 19 heavy (non-hydrogen) atoms. The third-order valence-electron chi connectivity index (χ3n) is 2.32. The summed E-state index contributed by atoms with van der Waals surface area (Å²) in [5, 5.41) is 2.65. The molecule has 102 valence electrons. The topological polar surface area (TPSA) is 58.6 Å². The van der Waals surface area contributed by atoms with Crippen molar-refractivity contribution in [3.05, 3.63) is 36.4 Å². The lowest BCUT2D eigenvalue weighted by atomic mass is 10.2. The highest BCUT2D eigenvalue weighted by Crippen LogP contribution is 2.15. The third-order valence-corrected chi connectivity index (χ3v) is 2.32. The van der Waals surface area contributed by atoms with Crippen molar-refractivity contribution in [2.45, 2.75) is 6.92 Å². The number of amides is 1. The lowest BCUT2D eigenvalue weighted by Crippen LogP contribution is -2.20. The van der Waals surface area contributed by atoms with Gasteiger partial charge in [-0.15, -0.1) is 0 Å². The summed E-state index contributed by atoms with van der Waals surface area (Å²) >= 11 is 0. The molecule has 5 nitrogen and oxygen atoms in total. The fourth-order valence-corrected chi connectivity index (χ4v) is 1.36. The van der Waals surface area contributed by atoms with Crippen molar-refractivity contribution in [2.75, 3.05) is 30.9 Å². The van der Waals surface area contributed by atoms with Crippen molar-refractivity contribution in [1.29, 1.82) is 0 Å². The maximum absolute atomic E-state index is 11.5. The minimum atomic E-state index is -0.527. The molecule has 1 aromatic rings. The van der Waals surface area contributed by atoms with Gasteiger partial charge >= 0.3 is 5.97 Å². The highest BCUT2D eigenvalue weighted by Gasteiger charge is 2.05. The third kappa shape index (κ3) is 5.25. The van der Waals surface area contributed by atoms with Crippen LogP contribution in [0.25, 0.3) is 0 Å². The van der Waals surface area contributed by atoms with E-state index in [9.17, 15) is 9.59 Å². The Balaban J connectivity index is 2.46. The number of esters is 1. The van der Waals surface area contributed by atoms with Crippen molar-refractivity contribution in [3.63, 3.8) is 0 Å². The van der Waals surface area contributed by atoms with Gasteiger partial charge < -0.3 is 15.0 Å². The molecule has 1 N–H and O–H groups in total. The predicted octanol–water partition coefficient (Wildman–Crippen LogP) is 1.81. The Hall–Kier alpha value is -2.30. The summed E-state index contributed by atoms with van der Waals surface area (Å²) in [7, 11) is 3.88. The quantitative estimate of drug-likeness (QED) is 0.649.